The van der Waals surface area contributed by atoms with Crippen molar-refractivity contribution in [2.75, 3.05) is 26.2 Å². The van der Waals surface area contributed by atoms with Crippen molar-refractivity contribution in [3.05, 3.63) is 29.3 Å². The normalized spacial score (nSPS) is 17.4. The van der Waals surface area contributed by atoms with Crippen molar-refractivity contribution >= 4 is 17.8 Å². The van der Waals surface area contributed by atoms with Crippen molar-refractivity contribution in [1.29, 1.82) is 0 Å². The smallest absolute Gasteiger partial charge is 0.229 e. The molecule has 2 amide bonds. The molecule has 0 aromatic heterocycles. The number of aliphatic imine (C=N–C) groups is 1. The van der Waals surface area contributed by atoms with Gasteiger partial charge in [-0.05, 0) is 50.7 Å². The van der Waals surface area contributed by atoms with Crippen LogP contribution in [0.5, 0.6) is 5.75 Å². The maximum Gasteiger partial charge on any atom is 0.229 e. The molecule has 7 nitrogen and oxygen atoms in total. The summed E-state index contributed by atoms with van der Waals surface area (Å²) in [6.07, 6.45) is 4.09. The number of hydrogen-bond acceptors (Lipinski definition) is 4. The van der Waals surface area contributed by atoms with Crippen LogP contribution in [0, 0.1) is 12.8 Å². The minimum Gasteiger partial charge on any atom is -0.493 e. The lowest BCUT2D eigenvalue weighted by Crippen LogP contribution is -2.46. The van der Waals surface area contributed by atoms with E-state index in [1.807, 2.05) is 6.92 Å². The number of nitrogens with zero attached hydrogens (tertiary/aromatic N) is 2. The summed E-state index contributed by atoms with van der Waals surface area (Å²) in [5.41, 5.74) is 2.22. The van der Waals surface area contributed by atoms with Gasteiger partial charge in [0.1, 0.15) is 5.75 Å². The Kier molecular flexibility index (Phi) is 7.49. The number of carbonyl (C=O) groups is 2. The van der Waals surface area contributed by atoms with Crippen LogP contribution in [0.4, 0.5) is 0 Å². The van der Waals surface area contributed by atoms with Crippen LogP contribution in [-0.4, -0.2) is 48.9 Å². The number of hydrogen-bond donors (Lipinski definition) is 2. The topological polar surface area (TPSA) is 83.0 Å². The number of benzene rings is 1. The predicted molar refractivity (Wildman–Crippen MR) is 113 cm³/mol. The summed E-state index contributed by atoms with van der Waals surface area (Å²) in [5, 5.41) is 6.44. The highest BCUT2D eigenvalue weighted by Crippen LogP contribution is 2.30. The first-order valence-electron chi connectivity index (χ1n) is 10.6. The van der Waals surface area contributed by atoms with Crippen LogP contribution in [0.3, 0.4) is 0 Å². The van der Waals surface area contributed by atoms with Crippen molar-refractivity contribution in [3.8, 4) is 5.75 Å². The van der Waals surface area contributed by atoms with Gasteiger partial charge in [-0.1, -0.05) is 12.1 Å². The zero-order valence-electron chi connectivity index (χ0n) is 17.5. The average Bonchev–Trinajstić information content (AvgIpc) is 3.52. The number of nitrogens with one attached hydrogen (secondary N) is 2. The first-order valence-corrected chi connectivity index (χ1v) is 10.6. The molecule has 1 aromatic rings. The van der Waals surface area contributed by atoms with Gasteiger partial charge in [0, 0.05) is 38.0 Å². The van der Waals surface area contributed by atoms with E-state index in [-0.39, 0.29) is 11.8 Å². The van der Waals surface area contributed by atoms with E-state index < -0.39 is 0 Å². The van der Waals surface area contributed by atoms with E-state index in [0.717, 1.165) is 24.5 Å². The Balaban J connectivity index is 1.57. The highest BCUT2D eigenvalue weighted by atomic mass is 16.5. The fourth-order valence-electron chi connectivity index (χ4n) is 3.26. The molecule has 1 aliphatic heterocycles. The molecule has 1 aliphatic carbocycles. The third kappa shape index (κ3) is 6.48. The average molecular weight is 401 g/mol. The highest BCUT2D eigenvalue weighted by Gasteiger charge is 2.25. The highest BCUT2D eigenvalue weighted by molar-refractivity contribution is 5.97. The number of piperidine rings is 1. The van der Waals surface area contributed by atoms with E-state index in [2.05, 4.69) is 40.7 Å². The van der Waals surface area contributed by atoms with Gasteiger partial charge in [-0.3, -0.25) is 14.5 Å². The molecule has 1 saturated heterocycles. The second kappa shape index (κ2) is 10.3. The van der Waals surface area contributed by atoms with Crippen LogP contribution in [0.25, 0.3) is 0 Å². The molecule has 0 radical (unpaired) electrons. The molecule has 0 unspecified atom stereocenters. The summed E-state index contributed by atoms with van der Waals surface area (Å²) in [6.45, 7) is 6.90. The third-order valence-corrected chi connectivity index (χ3v) is 5.16. The maximum absolute atomic E-state index is 11.9. The minimum absolute atomic E-state index is 0.0814. The summed E-state index contributed by atoms with van der Waals surface area (Å²) in [7, 11) is 0. The fourth-order valence-corrected chi connectivity index (χ4v) is 3.26. The summed E-state index contributed by atoms with van der Waals surface area (Å²) in [4.78, 5) is 29.8. The van der Waals surface area contributed by atoms with Gasteiger partial charge in [0.2, 0.25) is 11.8 Å². The number of rotatable bonds is 9. The van der Waals surface area contributed by atoms with Crippen LogP contribution in [0.15, 0.2) is 23.2 Å². The Bertz CT molecular complexity index is 742. The van der Waals surface area contributed by atoms with Crippen LogP contribution in [-0.2, 0) is 16.1 Å². The molecular weight excluding hydrogens is 368 g/mol. The van der Waals surface area contributed by atoms with E-state index in [9.17, 15) is 9.59 Å². The molecule has 2 N–H and O–H groups in total. The number of ether oxygens (including phenoxy) is 1. The Morgan fingerprint density at radius 3 is 2.66 bits per heavy atom. The van der Waals surface area contributed by atoms with Gasteiger partial charge in [-0.15, -0.1) is 0 Å². The van der Waals surface area contributed by atoms with Crippen LogP contribution in [0.1, 0.15) is 50.2 Å². The number of amides is 2. The van der Waals surface area contributed by atoms with E-state index >= 15 is 0 Å². The Morgan fingerprint density at radius 1 is 1.21 bits per heavy atom. The first kappa shape index (κ1) is 21.1. The second-order valence-corrected chi connectivity index (χ2v) is 7.78. The summed E-state index contributed by atoms with van der Waals surface area (Å²) in [6, 6.07) is 6.21. The number of carbonyl (C=O) groups excluding carboxylic acids is 2. The quantitative estimate of drug-likeness (QED) is 0.378. The van der Waals surface area contributed by atoms with Gasteiger partial charge in [-0.25, -0.2) is 4.99 Å². The Labute approximate surface area is 172 Å². The standard InChI is InChI=1S/C22H32N4O3/c1-3-23-22(24-11-12-26-20(27)5-4-6-21(26)28)25-14-18-10-7-16(2)13-19(18)29-15-17-8-9-17/h7,10,13,17H,3-6,8-9,11-12,14-15H2,1-2H3,(H2,23,24,25). The molecule has 0 bridgehead atoms. The molecular formula is C22H32N4O3. The predicted octanol–water partition coefficient (Wildman–Crippen LogP) is 2.38. The summed E-state index contributed by atoms with van der Waals surface area (Å²) in [5.74, 6) is 2.11. The third-order valence-electron chi connectivity index (χ3n) is 5.16. The summed E-state index contributed by atoms with van der Waals surface area (Å²) >= 11 is 0. The lowest BCUT2D eigenvalue weighted by Gasteiger charge is -2.25. The van der Waals surface area contributed by atoms with Gasteiger partial charge in [0.05, 0.1) is 13.2 Å². The van der Waals surface area contributed by atoms with Crippen LogP contribution >= 0.6 is 0 Å². The van der Waals surface area contributed by atoms with Gasteiger partial charge in [0.15, 0.2) is 5.96 Å². The lowest BCUT2D eigenvalue weighted by molar-refractivity contribution is -0.147. The van der Waals surface area contributed by atoms with Gasteiger partial charge in [-0.2, -0.15) is 0 Å². The van der Waals surface area contributed by atoms with Crippen molar-refractivity contribution in [3.63, 3.8) is 0 Å². The van der Waals surface area contributed by atoms with Crippen molar-refractivity contribution in [2.45, 2.75) is 52.5 Å². The molecule has 1 aromatic carbocycles. The van der Waals surface area contributed by atoms with Gasteiger partial charge < -0.3 is 15.4 Å². The zero-order valence-corrected chi connectivity index (χ0v) is 17.5. The monoisotopic (exact) mass is 400 g/mol. The van der Waals surface area contributed by atoms with Gasteiger partial charge >= 0.3 is 0 Å². The Morgan fingerprint density at radius 2 is 1.97 bits per heavy atom. The molecule has 158 valence electrons. The van der Waals surface area contributed by atoms with Crippen LogP contribution < -0.4 is 15.4 Å². The Hall–Kier alpha value is -2.57. The van der Waals surface area contributed by atoms with E-state index in [4.69, 9.17) is 4.74 Å². The molecule has 0 atom stereocenters. The molecule has 29 heavy (non-hydrogen) atoms. The number of likely N-dealkylation sites (tertiary alicyclic amines) is 1. The SMILES string of the molecule is CCNC(=NCc1ccc(C)cc1OCC1CC1)NCCN1C(=O)CCCC1=O. The first-order chi connectivity index (χ1) is 14.1. The summed E-state index contributed by atoms with van der Waals surface area (Å²) < 4.78 is 6.03. The number of imide groups is 1. The largest absolute Gasteiger partial charge is 0.493 e. The van der Waals surface area contributed by atoms with Crippen molar-refractivity contribution in [2.24, 2.45) is 10.9 Å². The maximum atomic E-state index is 11.9. The molecule has 2 aliphatic rings. The molecule has 0 spiro atoms. The van der Waals surface area contributed by atoms with Crippen molar-refractivity contribution < 1.29 is 14.3 Å². The van der Waals surface area contributed by atoms with Crippen LogP contribution in [0.2, 0.25) is 0 Å². The lowest BCUT2D eigenvalue weighted by atomic mass is 10.1. The molecule has 7 heteroatoms. The van der Waals surface area contributed by atoms with E-state index in [0.29, 0.717) is 50.8 Å². The minimum atomic E-state index is -0.0814. The van der Waals surface area contributed by atoms with E-state index in [1.54, 1.807) is 0 Å². The molecule has 1 heterocycles. The van der Waals surface area contributed by atoms with E-state index in [1.165, 1.54) is 23.3 Å². The molecule has 1 saturated carbocycles. The second-order valence-electron chi connectivity index (χ2n) is 7.78. The molecule has 2 fully saturated rings. The number of guanidine groups is 1. The van der Waals surface area contributed by atoms with Crippen molar-refractivity contribution in [1.82, 2.24) is 15.5 Å². The number of aryl methyl sites for hydroxylation is 1. The van der Waals surface area contributed by atoms with Gasteiger partial charge in [0.25, 0.3) is 0 Å². The fraction of sp³-hybridized carbons (Fsp3) is 0.591. The molecule has 3 rings (SSSR count). The zero-order chi connectivity index (χ0) is 20.6.